The molecular formula is C19H20ClN3O2. The SMILES string of the molecule is N#CC1(NC(=O)[C@@H]2CC(C(=O)C3(c4ccc(Cl)cc4)CC3)CN2)CC1. The number of amides is 1. The van der Waals surface area contributed by atoms with Gasteiger partial charge in [0.2, 0.25) is 5.91 Å². The third-order valence-electron chi connectivity index (χ3n) is 5.76. The van der Waals surface area contributed by atoms with Crippen LogP contribution in [-0.2, 0) is 15.0 Å². The minimum absolute atomic E-state index is 0.161. The van der Waals surface area contributed by atoms with E-state index in [4.69, 9.17) is 16.9 Å². The molecule has 6 heteroatoms. The Labute approximate surface area is 151 Å². The van der Waals surface area contributed by atoms with Gasteiger partial charge in [-0.05, 0) is 49.8 Å². The highest BCUT2D eigenvalue weighted by Crippen LogP contribution is 2.51. The average Bonchev–Trinajstić information content (AvgIpc) is 3.53. The summed E-state index contributed by atoms with van der Waals surface area (Å²) in [5.41, 5.74) is -0.0367. The third kappa shape index (κ3) is 2.94. The predicted octanol–water partition coefficient (Wildman–Crippen LogP) is 2.09. The molecule has 0 spiro atoms. The number of benzene rings is 1. The van der Waals surface area contributed by atoms with Gasteiger partial charge in [0.05, 0.1) is 17.5 Å². The predicted molar refractivity (Wildman–Crippen MR) is 93.0 cm³/mol. The number of halogens is 1. The summed E-state index contributed by atoms with van der Waals surface area (Å²) < 4.78 is 0. The fourth-order valence-corrected chi connectivity index (χ4v) is 3.94. The number of nitrogens with one attached hydrogen (secondary N) is 2. The van der Waals surface area contributed by atoms with E-state index in [1.807, 2.05) is 24.3 Å². The maximum absolute atomic E-state index is 13.1. The smallest absolute Gasteiger partial charge is 0.238 e. The molecule has 1 aromatic carbocycles. The summed E-state index contributed by atoms with van der Waals surface area (Å²) in [5, 5.41) is 15.7. The summed E-state index contributed by atoms with van der Waals surface area (Å²) >= 11 is 5.95. The molecule has 130 valence electrons. The minimum atomic E-state index is -0.665. The summed E-state index contributed by atoms with van der Waals surface area (Å²) in [5.74, 6) is -0.101. The fraction of sp³-hybridized carbons (Fsp3) is 0.526. The molecule has 4 rings (SSSR count). The zero-order chi connectivity index (χ0) is 17.7. The van der Waals surface area contributed by atoms with Crippen molar-refractivity contribution < 1.29 is 9.59 Å². The lowest BCUT2D eigenvalue weighted by Gasteiger charge is -2.19. The number of nitriles is 1. The maximum atomic E-state index is 13.1. The van der Waals surface area contributed by atoms with Crippen molar-refractivity contribution in [3.63, 3.8) is 0 Å². The van der Waals surface area contributed by atoms with Gasteiger partial charge in [0.15, 0.2) is 0 Å². The quantitative estimate of drug-likeness (QED) is 0.845. The molecule has 2 N–H and O–H groups in total. The second kappa shape index (κ2) is 5.82. The molecule has 1 unspecified atom stereocenters. The van der Waals surface area contributed by atoms with Gasteiger partial charge in [-0.1, -0.05) is 23.7 Å². The van der Waals surface area contributed by atoms with Crippen molar-refractivity contribution in [3.05, 3.63) is 34.9 Å². The molecule has 1 amide bonds. The first kappa shape index (κ1) is 16.6. The Kier molecular flexibility index (Phi) is 3.86. The summed E-state index contributed by atoms with van der Waals surface area (Å²) in [6, 6.07) is 9.29. The second-order valence-electron chi connectivity index (χ2n) is 7.53. The standard InChI is InChI=1S/C19H20ClN3O2/c20-14-3-1-13(2-4-14)19(7-8-19)16(24)12-9-15(22-10-12)17(25)23-18(11-21)5-6-18/h1-4,12,15,22H,5-10H2,(H,23,25)/t12?,15-/m0/s1. The van der Waals surface area contributed by atoms with Crippen molar-refractivity contribution in [3.8, 4) is 6.07 Å². The summed E-state index contributed by atoms with van der Waals surface area (Å²) in [4.78, 5) is 25.4. The average molecular weight is 358 g/mol. The van der Waals surface area contributed by atoms with Gasteiger partial charge in [-0.15, -0.1) is 0 Å². The molecule has 2 atom stereocenters. The Morgan fingerprint density at radius 3 is 2.44 bits per heavy atom. The second-order valence-corrected chi connectivity index (χ2v) is 7.97. The van der Waals surface area contributed by atoms with Crippen LogP contribution >= 0.6 is 11.6 Å². The van der Waals surface area contributed by atoms with Crippen molar-refractivity contribution in [1.29, 1.82) is 5.26 Å². The van der Waals surface area contributed by atoms with E-state index < -0.39 is 11.0 Å². The Bertz CT molecular complexity index is 760. The zero-order valence-electron chi connectivity index (χ0n) is 13.8. The van der Waals surface area contributed by atoms with Gasteiger partial charge in [0.1, 0.15) is 11.3 Å². The minimum Gasteiger partial charge on any atom is -0.336 e. The van der Waals surface area contributed by atoms with E-state index in [0.29, 0.717) is 30.8 Å². The van der Waals surface area contributed by atoms with Crippen molar-refractivity contribution in [2.75, 3.05) is 6.54 Å². The Morgan fingerprint density at radius 2 is 1.88 bits per heavy atom. The third-order valence-corrected chi connectivity index (χ3v) is 6.02. The molecule has 2 saturated carbocycles. The highest BCUT2D eigenvalue weighted by molar-refractivity contribution is 6.30. The molecule has 3 aliphatic rings. The van der Waals surface area contributed by atoms with Gasteiger partial charge in [0, 0.05) is 17.5 Å². The van der Waals surface area contributed by atoms with Crippen LogP contribution in [0.3, 0.4) is 0 Å². The Morgan fingerprint density at radius 1 is 1.20 bits per heavy atom. The van der Waals surface area contributed by atoms with Gasteiger partial charge in [0.25, 0.3) is 0 Å². The van der Waals surface area contributed by atoms with Crippen molar-refractivity contribution in [2.45, 2.75) is 49.1 Å². The highest BCUT2D eigenvalue weighted by Gasteiger charge is 2.54. The van der Waals surface area contributed by atoms with Gasteiger partial charge >= 0.3 is 0 Å². The first-order chi connectivity index (χ1) is 12.0. The molecule has 1 aromatic rings. The highest BCUT2D eigenvalue weighted by atomic mass is 35.5. The van der Waals surface area contributed by atoms with E-state index in [9.17, 15) is 9.59 Å². The fourth-order valence-electron chi connectivity index (χ4n) is 3.81. The molecule has 0 bridgehead atoms. The molecule has 3 fully saturated rings. The number of nitrogens with zero attached hydrogens (tertiary/aromatic N) is 1. The molecule has 25 heavy (non-hydrogen) atoms. The molecule has 0 radical (unpaired) electrons. The molecule has 5 nitrogen and oxygen atoms in total. The number of hydrogen-bond acceptors (Lipinski definition) is 4. The summed E-state index contributed by atoms with van der Waals surface area (Å²) in [7, 11) is 0. The molecule has 1 heterocycles. The van der Waals surface area contributed by atoms with Crippen molar-refractivity contribution in [2.24, 2.45) is 5.92 Å². The van der Waals surface area contributed by atoms with Gasteiger partial charge < -0.3 is 10.6 Å². The van der Waals surface area contributed by atoms with Crippen LogP contribution in [0.1, 0.15) is 37.7 Å². The number of carbonyl (C=O) groups is 2. The van der Waals surface area contributed by atoms with E-state index in [2.05, 4.69) is 16.7 Å². The van der Waals surface area contributed by atoms with Gasteiger partial charge in [-0.3, -0.25) is 9.59 Å². The number of carbonyl (C=O) groups excluding carboxylic acids is 2. The van der Waals surface area contributed by atoms with Crippen LogP contribution < -0.4 is 10.6 Å². The number of Topliss-reactive ketones (excluding diaryl/α,β-unsaturated/α-hetero) is 1. The summed E-state index contributed by atoms with van der Waals surface area (Å²) in [6.45, 7) is 0.520. The van der Waals surface area contributed by atoms with E-state index in [0.717, 1.165) is 18.4 Å². The monoisotopic (exact) mass is 357 g/mol. The first-order valence-corrected chi connectivity index (χ1v) is 9.13. The van der Waals surface area contributed by atoms with Crippen LogP contribution in [0.2, 0.25) is 5.02 Å². The maximum Gasteiger partial charge on any atom is 0.238 e. The van der Waals surface area contributed by atoms with Crippen LogP contribution in [0, 0.1) is 17.2 Å². The van der Waals surface area contributed by atoms with Crippen LogP contribution in [0.25, 0.3) is 0 Å². The molecular weight excluding hydrogens is 338 g/mol. The van der Waals surface area contributed by atoms with E-state index in [1.165, 1.54) is 0 Å². The van der Waals surface area contributed by atoms with Crippen LogP contribution in [0.4, 0.5) is 0 Å². The number of hydrogen-bond donors (Lipinski definition) is 2. The van der Waals surface area contributed by atoms with Crippen LogP contribution in [-0.4, -0.2) is 29.8 Å². The molecule has 2 aliphatic carbocycles. The van der Waals surface area contributed by atoms with Crippen LogP contribution in [0.5, 0.6) is 0 Å². The first-order valence-electron chi connectivity index (χ1n) is 8.75. The number of ketones is 1. The Balaban J connectivity index is 1.41. The van der Waals surface area contributed by atoms with Gasteiger partial charge in [-0.25, -0.2) is 0 Å². The molecule has 0 aromatic heterocycles. The largest absolute Gasteiger partial charge is 0.336 e. The van der Waals surface area contributed by atoms with E-state index >= 15 is 0 Å². The normalized spacial score (nSPS) is 28.0. The van der Waals surface area contributed by atoms with Crippen LogP contribution in [0.15, 0.2) is 24.3 Å². The topological polar surface area (TPSA) is 82.0 Å². The number of rotatable bonds is 5. The summed E-state index contributed by atoms with van der Waals surface area (Å²) in [6.07, 6.45) is 3.65. The molecule has 1 aliphatic heterocycles. The van der Waals surface area contributed by atoms with E-state index in [-0.39, 0.29) is 23.7 Å². The molecule has 1 saturated heterocycles. The zero-order valence-corrected chi connectivity index (χ0v) is 14.6. The van der Waals surface area contributed by atoms with Crippen molar-refractivity contribution >= 4 is 23.3 Å². The van der Waals surface area contributed by atoms with Gasteiger partial charge in [-0.2, -0.15) is 5.26 Å². The Hall–Kier alpha value is -1.90. The lowest BCUT2D eigenvalue weighted by Crippen LogP contribution is -2.45. The lowest BCUT2D eigenvalue weighted by atomic mass is 9.83. The van der Waals surface area contributed by atoms with Crippen molar-refractivity contribution in [1.82, 2.24) is 10.6 Å². The van der Waals surface area contributed by atoms with E-state index in [1.54, 1.807) is 0 Å². The lowest BCUT2D eigenvalue weighted by molar-refractivity contribution is -0.125.